The molecule has 246 valence electrons. The Morgan fingerprint density at radius 1 is 1.02 bits per heavy atom. The van der Waals surface area contributed by atoms with Gasteiger partial charge in [-0.25, -0.2) is 0 Å². The van der Waals surface area contributed by atoms with Gasteiger partial charge in [-0.1, -0.05) is 40.6 Å². The van der Waals surface area contributed by atoms with E-state index in [1.54, 1.807) is 36.0 Å². The first-order valence-electron chi connectivity index (χ1n) is 15.2. The molecule has 3 fully saturated rings. The van der Waals surface area contributed by atoms with Crippen molar-refractivity contribution in [1.82, 2.24) is 9.88 Å². The molecule has 3 heterocycles. The third kappa shape index (κ3) is 5.60. The van der Waals surface area contributed by atoms with Gasteiger partial charge in [-0.3, -0.25) is 28.9 Å². The van der Waals surface area contributed by atoms with Gasteiger partial charge in [0.2, 0.25) is 11.8 Å². The molecular formula is C32H29Cl2N3O8S2. The molecule has 2 aromatic carbocycles. The summed E-state index contributed by atoms with van der Waals surface area (Å²) in [4.78, 5) is 68.4. The van der Waals surface area contributed by atoms with Gasteiger partial charge in [0, 0.05) is 28.3 Å². The number of imide groups is 1. The highest BCUT2D eigenvalue weighted by atomic mass is 35.5. The summed E-state index contributed by atoms with van der Waals surface area (Å²) >= 11 is 14.7. The fourth-order valence-corrected chi connectivity index (χ4v) is 11.1. The lowest BCUT2D eigenvalue weighted by Gasteiger charge is -2.43. The van der Waals surface area contributed by atoms with E-state index in [-0.39, 0.29) is 65.2 Å². The van der Waals surface area contributed by atoms with Crippen LogP contribution in [0.5, 0.6) is 11.5 Å². The highest BCUT2D eigenvalue weighted by Gasteiger charge is 2.69. The fourth-order valence-electron chi connectivity index (χ4n) is 7.90. The van der Waals surface area contributed by atoms with E-state index in [9.17, 15) is 29.1 Å². The molecule has 4 aliphatic rings. The number of thiazole rings is 1. The normalized spacial score (nSPS) is 27.0. The van der Waals surface area contributed by atoms with Gasteiger partial charge in [0.1, 0.15) is 0 Å². The standard InChI is InChI=1S/C32H29Cl2N3O8S2/c1-2-44-20-9-13(3-6-19(20)45-12-21(38)35-14-4-5-17(33)18(34)10-14)23-24-15-11-16(27(24)46-29-28(23)47-32(43)36-29)26-25(15)30(41)37(31(26)42)8-7-22(39)40/h3-6,9-10,15-16,23-27H,2,7-8,11-12H2,1H3,(H,35,38)(H,36,43)(H,39,40)/t15?,16?,23-,24?,25?,26?,27?/m1/s1. The molecule has 11 nitrogen and oxygen atoms in total. The number of aromatic amines is 1. The van der Waals surface area contributed by atoms with E-state index in [4.69, 9.17) is 32.7 Å². The minimum absolute atomic E-state index is 0.0169. The summed E-state index contributed by atoms with van der Waals surface area (Å²) in [6.45, 7) is 1.75. The second kappa shape index (κ2) is 12.5. The van der Waals surface area contributed by atoms with Crippen molar-refractivity contribution in [2.75, 3.05) is 25.1 Å². The van der Waals surface area contributed by atoms with E-state index in [2.05, 4.69) is 10.3 Å². The second-order valence-electron chi connectivity index (χ2n) is 12.0. The number of anilines is 1. The first-order valence-corrected chi connectivity index (χ1v) is 17.6. The third-order valence-electron chi connectivity index (χ3n) is 9.55. The quantitative estimate of drug-likeness (QED) is 0.243. The summed E-state index contributed by atoms with van der Waals surface area (Å²) in [7, 11) is 0. The number of rotatable bonds is 10. The van der Waals surface area contributed by atoms with E-state index < -0.39 is 23.7 Å². The Labute approximate surface area is 286 Å². The maximum atomic E-state index is 13.6. The van der Waals surface area contributed by atoms with Crippen molar-refractivity contribution in [3.8, 4) is 11.5 Å². The second-order valence-corrected chi connectivity index (χ2v) is 15.1. The number of thioether (sulfide) groups is 1. The van der Waals surface area contributed by atoms with Gasteiger partial charge in [0.15, 0.2) is 18.1 Å². The predicted octanol–water partition coefficient (Wildman–Crippen LogP) is 5.11. The van der Waals surface area contributed by atoms with Crippen LogP contribution in [0.15, 0.2) is 46.2 Å². The molecule has 3 N–H and O–H groups in total. The number of aliphatic carboxylic acids is 1. The number of amides is 3. The van der Waals surface area contributed by atoms with Gasteiger partial charge in [-0.15, -0.1) is 11.8 Å². The number of hydrogen-bond donors (Lipinski definition) is 3. The lowest BCUT2D eigenvalue weighted by molar-refractivity contribution is -0.142. The number of ether oxygens (including phenoxy) is 2. The first-order chi connectivity index (χ1) is 22.5. The summed E-state index contributed by atoms with van der Waals surface area (Å²) in [5.74, 6) is -2.71. The Morgan fingerprint density at radius 2 is 1.79 bits per heavy atom. The zero-order valence-corrected chi connectivity index (χ0v) is 28.0. The minimum Gasteiger partial charge on any atom is -0.490 e. The van der Waals surface area contributed by atoms with Crippen LogP contribution in [-0.2, 0) is 19.2 Å². The number of nitrogens with one attached hydrogen (secondary N) is 2. The van der Waals surface area contributed by atoms with Crippen LogP contribution in [-0.4, -0.2) is 63.7 Å². The number of likely N-dealkylation sites (tertiary alicyclic amines) is 1. The first kappa shape index (κ1) is 32.0. The molecule has 7 rings (SSSR count). The summed E-state index contributed by atoms with van der Waals surface area (Å²) in [5.41, 5.74) is 1.34. The summed E-state index contributed by atoms with van der Waals surface area (Å²) in [6, 6.07) is 10.3. The monoisotopic (exact) mass is 717 g/mol. The number of carboxylic acids is 1. The van der Waals surface area contributed by atoms with E-state index in [1.165, 1.54) is 0 Å². The maximum absolute atomic E-state index is 13.6. The summed E-state index contributed by atoms with van der Waals surface area (Å²) in [6.07, 6.45) is 0.422. The van der Waals surface area contributed by atoms with Crippen molar-refractivity contribution < 1.29 is 33.8 Å². The summed E-state index contributed by atoms with van der Waals surface area (Å²) in [5, 5.41) is 13.3. The van der Waals surface area contributed by atoms with Crippen LogP contribution in [0.1, 0.15) is 36.1 Å². The molecule has 7 atom stereocenters. The lowest BCUT2D eigenvalue weighted by Crippen LogP contribution is -2.42. The largest absolute Gasteiger partial charge is 0.490 e. The molecule has 47 heavy (non-hydrogen) atoms. The zero-order valence-electron chi connectivity index (χ0n) is 24.9. The van der Waals surface area contributed by atoms with Crippen LogP contribution in [0.2, 0.25) is 10.0 Å². The van der Waals surface area contributed by atoms with Crippen LogP contribution < -0.4 is 19.7 Å². The number of hydrogen-bond acceptors (Lipinski definition) is 9. The number of benzene rings is 2. The number of fused-ring (bicyclic) bond motifs is 9. The number of halogens is 2. The molecule has 6 unspecified atom stereocenters. The molecule has 0 radical (unpaired) electrons. The van der Waals surface area contributed by atoms with Crippen molar-refractivity contribution >= 4 is 75.7 Å². The number of nitrogens with zero attached hydrogens (tertiary/aromatic N) is 1. The SMILES string of the molecule is CCOc1cc([C@H]2c3sc(=O)[nH]c3SC3C4CC(C5C(=O)N(CCC(=O)O)C(=O)C45)C32)ccc1OCC(=O)Nc1ccc(Cl)c(Cl)c1. The Morgan fingerprint density at radius 3 is 2.51 bits per heavy atom. The summed E-state index contributed by atoms with van der Waals surface area (Å²) < 4.78 is 11.8. The molecule has 3 aromatic rings. The highest BCUT2D eigenvalue weighted by molar-refractivity contribution is 8.00. The molecule has 1 saturated heterocycles. The third-order valence-corrected chi connectivity index (χ3v) is 12.9. The van der Waals surface area contributed by atoms with Crippen LogP contribution in [0.3, 0.4) is 0 Å². The maximum Gasteiger partial charge on any atom is 0.305 e. The Balaban J connectivity index is 1.17. The number of H-pyrrole nitrogens is 1. The molecule has 3 amide bonds. The number of aromatic nitrogens is 1. The van der Waals surface area contributed by atoms with Crippen LogP contribution in [0, 0.1) is 29.6 Å². The van der Waals surface area contributed by atoms with Crippen LogP contribution >= 0.6 is 46.3 Å². The topological polar surface area (TPSA) is 155 Å². The van der Waals surface area contributed by atoms with Crippen molar-refractivity contribution in [1.29, 1.82) is 0 Å². The number of carboxylic acid groups (broad SMARTS) is 1. The van der Waals surface area contributed by atoms with Crippen molar-refractivity contribution in [3.05, 3.63) is 66.6 Å². The van der Waals surface area contributed by atoms with Gasteiger partial charge in [-0.05, 0) is 67.0 Å². The van der Waals surface area contributed by atoms with Gasteiger partial charge in [0.25, 0.3) is 5.91 Å². The Hall–Kier alpha value is -3.52. The van der Waals surface area contributed by atoms with Crippen molar-refractivity contribution in [3.63, 3.8) is 0 Å². The van der Waals surface area contributed by atoms with E-state index in [0.717, 1.165) is 31.7 Å². The van der Waals surface area contributed by atoms with Crippen molar-refractivity contribution in [2.45, 2.75) is 36.0 Å². The molecule has 2 aliphatic heterocycles. The zero-order chi connectivity index (χ0) is 33.1. The van der Waals surface area contributed by atoms with Gasteiger partial charge in [-0.2, -0.15) is 0 Å². The van der Waals surface area contributed by atoms with E-state index in [0.29, 0.717) is 40.3 Å². The minimum atomic E-state index is -1.06. The van der Waals surface area contributed by atoms with Gasteiger partial charge < -0.3 is 24.9 Å². The molecule has 1 aromatic heterocycles. The van der Waals surface area contributed by atoms with E-state index >= 15 is 0 Å². The molecular weight excluding hydrogens is 689 g/mol. The van der Waals surface area contributed by atoms with Gasteiger partial charge >= 0.3 is 10.8 Å². The Kier molecular flexibility index (Phi) is 8.52. The average Bonchev–Trinajstić information content (AvgIpc) is 3.76. The molecule has 15 heteroatoms. The number of carbonyl (C=O) groups is 4. The van der Waals surface area contributed by atoms with Gasteiger partial charge in [0.05, 0.1) is 39.9 Å². The Bertz CT molecular complexity index is 1860. The fraction of sp³-hybridized carbons (Fsp3) is 0.406. The molecule has 2 saturated carbocycles. The molecule has 0 spiro atoms. The van der Waals surface area contributed by atoms with Crippen molar-refractivity contribution in [2.24, 2.45) is 29.6 Å². The predicted molar refractivity (Wildman–Crippen MR) is 176 cm³/mol. The van der Waals surface area contributed by atoms with Crippen LogP contribution in [0.25, 0.3) is 0 Å². The molecule has 2 bridgehead atoms. The number of carbonyl (C=O) groups excluding carboxylic acids is 3. The van der Waals surface area contributed by atoms with Crippen LogP contribution in [0.4, 0.5) is 5.69 Å². The van der Waals surface area contributed by atoms with E-state index in [1.807, 2.05) is 19.1 Å². The average molecular weight is 719 g/mol. The highest BCUT2D eigenvalue weighted by Crippen LogP contribution is 2.68. The lowest BCUT2D eigenvalue weighted by atomic mass is 9.68. The smallest absolute Gasteiger partial charge is 0.305 e. The molecule has 2 aliphatic carbocycles.